The van der Waals surface area contributed by atoms with Gasteiger partial charge in [0, 0.05) is 21.9 Å². The van der Waals surface area contributed by atoms with E-state index in [-0.39, 0.29) is 0 Å². The van der Waals surface area contributed by atoms with Gasteiger partial charge in [-0.2, -0.15) is 0 Å². The number of rotatable bonds is 4. The molecule has 0 atom stereocenters. The third-order valence-corrected chi connectivity index (χ3v) is 7.11. The lowest BCUT2D eigenvalue weighted by Crippen LogP contribution is -1.90. The van der Waals surface area contributed by atoms with Gasteiger partial charge >= 0.3 is 0 Å². The highest BCUT2D eigenvalue weighted by atomic mass is 16.3. The zero-order chi connectivity index (χ0) is 54.1. The highest BCUT2D eigenvalue weighted by molar-refractivity contribution is 6.21. The molecule has 1 heterocycles. The molecule has 8 aromatic carbocycles. The summed E-state index contributed by atoms with van der Waals surface area (Å²) in [6, 6.07) is -26.4. The van der Waals surface area contributed by atoms with Gasteiger partial charge in [-0.1, -0.05) is 169 Å². The summed E-state index contributed by atoms with van der Waals surface area (Å²) >= 11 is 0. The van der Waals surface area contributed by atoms with Crippen LogP contribution in [0.1, 0.15) is 38.4 Å². The molecule has 0 bridgehead atoms. The zero-order valence-electron chi connectivity index (χ0n) is 50.4. The minimum absolute atomic E-state index is 0.523. The molecule has 0 aliphatic rings. The maximum absolute atomic E-state index is 9.59. The molecule has 0 unspecified atom stereocenters. The van der Waals surface area contributed by atoms with Crippen LogP contribution >= 0.6 is 0 Å². The molecule has 0 aliphatic heterocycles. The third kappa shape index (κ3) is 4.09. The summed E-state index contributed by atoms with van der Waals surface area (Å²) < 4.78 is 254. The molecule has 0 aliphatic carbocycles. The van der Waals surface area contributed by atoms with E-state index < -0.39 is 257 Å². The molecule has 0 spiro atoms. The summed E-state index contributed by atoms with van der Waals surface area (Å²) in [6.45, 7) is 0. The summed E-state index contributed by atoms with van der Waals surface area (Å²) in [5.41, 5.74) is -7.30. The van der Waals surface area contributed by atoms with Crippen molar-refractivity contribution in [1.82, 2.24) is 0 Å². The van der Waals surface area contributed by atoms with Gasteiger partial charge < -0.3 is 4.42 Å². The Bertz CT molecular complexity index is 3950. The largest absolute Gasteiger partial charge is 0.455 e. The van der Waals surface area contributed by atoms with Gasteiger partial charge in [0.25, 0.3) is 0 Å². The first-order valence-electron chi connectivity index (χ1n) is 27.2. The SMILES string of the molecule is [2H]c1c([2H])c([2H])c(-c2c([2H])c([2H])c([2H])c3c2oc2c(-c4c([2H])c([2H])c(-c5c6c([2H])c([2H])c([2H])c([2H])c6c(-c6c([2H])c([2H])c([2H])c([2H])c6[2H])c6c([2H])c([2H])c([2H])c([2H])c56)c([2H])c4[2H])c([2H])c([2H])c([2H])c23)c([2H])c1[2H]. The molecule has 0 saturated heterocycles. The second-order valence-electron chi connectivity index (χ2n) is 9.51. The van der Waals surface area contributed by atoms with Crippen LogP contribution in [0.15, 0.2) is 174 Å². The molecule has 0 saturated carbocycles. The summed E-state index contributed by atoms with van der Waals surface area (Å²) in [5, 5.41) is -3.94. The molecular weight excluding hydrogens is 544 g/mol. The van der Waals surface area contributed by atoms with Crippen molar-refractivity contribution in [3.05, 3.63) is 169 Å². The van der Waals surface area contributed by atoms with E-state index in [1.54, 1.807) is 0 Å². The Hall–Kier alpha value is -5.92. The average Bonchev–Trinajstić information content (AvgIpc) is 3.76. The number of furan rings is 1. The van der Waals surface area contributed by atoms with E-state index in [0.717, 1.165) is 0 Å². The Labute approximate surface area is 301 Å². The lowest BCUT2D eigenvalue weighted by molar-refractivity contribution is 0.671. The highest BCUT2D eigenvalue weighted by Crippen LogP contribution is 2.44. The summed E-state index contributed by atoms with van der Waals surface area (Å²) in [4.78, 5) is 0. The van der Waals surface area contributed by atoms with E-state index in [0.29, 0.717) is 0 Å². The Morgan fingerprint density at radius 3 is 1.09 bits per heavy atom. The molecule has 0 N–H and O–H groups in total. The Morgan fingerprint density at radius 2 is 0.622 bits per heavy atom. The Kier molecular flexibility index (Phi) is 2.32. The van der Waals surface area contributed by atoms with Crippen molar-refractivity contribution in [2.75, 3.05) is 0 Å². The summed E-state index contributed by atoms with van der Waals surface area (Å²) in [6.07, 6.45) is 0. The molecule has 0 amide bonds. The van der Waals surface area contributed by atoms with Crippen LogP contribution in [-0.2, 0) is 0 Å². The molecule has 1 nitrogen and oxygen atoms in total. The van der Waals surface area contributed by atoms with Crippen LogP contribution in [-0.4, -0.2) is 0 Å². The highest BCUT2D eigenvalue weighted by Gasteiger charge is 2.18. The van der Waals surface area contributed by atoms with Crippen molar-refractivity contribution < 1.29 is 42.8 Å². The van der Waals surface area contributed by atoms with E-state index in [2.05, 4.69) is 0 Å². The van der Waals surface area contributed by atoms with E-state index in [4.69, 9.17) is 31.8 Å². The monoisotopic (exact) mass is 600 g/mol. The molecule has 0 fully saturated rings. The quantitative estimate of drug-likeness (QED) is 0.183. The number of fused-ring (bicyclic) bond motifs is 5. The molecule has 9 rings (SSSR count). The van der Waals surface area contributed by atoms with Gasteiger partial charge in [-0.15, -0.1) is 0 Å². The molecule has 0 radical (unpaired) electrons. The van der Waals surface area contributed by atoms with Gasteiger partial charge in [0.05, 0.1) is 38.4 Å². The van der Waals surface area contributed by atoms with Crippen molar-refractivity contribution >= 4 is 43.5 Å². The predicted molar refractivity (Wildman–Crippen MR) is 190 cm³/mol. The fourth-order valence-corrected chi connectivity index (χ4v) is 5.24. The first kappa shape index (κ1) is 10.1. The topological polar surface area (TPSA) is 13.1 Å². The van der Waals surface area contributed by atoms with Crippen molar-refractivity contribution in [2.24, 2.45) is 0 Å². The number of hydrogen-bond donors (Lipinski definition) is 0. The van der Waals surface area contributed by atoms with Crippen LogP contribution in [0.25, 0.3) is 88.0 Å². The fourth-order valence-electron chi connectivity index (χ4n) is 5.24. The van der Waals surface area contributed by atoms with E-state index >= 15 is 0 Å². The third-order valence-electron chi connectivity index (χ3n) is 7.11. The molecular formula is C44H28O. The van der Waals surface area contributed by atoms with Crippen molar-refractivity contribution in [3.63, 3.8) is 0 Å². The van der Waals surface area contributed by atoms with Gasteiger partial charge in [-0.3, -0.25) is 0 Å². The van der Waals surface area contributed by atoms with Crippen molar-refractivity contribution in [2.45, 2.75) is 0 Å². The van der Waals surface area contributed by atoms with Crippen LogP contribution < -0.4 is 0 Å². The van der Waals surface area contributed by atoms with Crippen molar-refractivity contribution in [1.29, 1.82) is 0 Å². The van der Waals surface area contributed by atoms with Gasteiger partial charge in [0.2, 0.25) is 0 Å². The lowest BCUT2D eigenvalue weighted by atomic mass is 9.85. The van der Waals surface area contributed by atoms with E-state index in [9.17, 15) is 11.0 Å². The molecule has 1 heteroatoms. The second kappa shape index (κ2) is 10.4. The summed E-state index contributed by atoms with van der Waals surface area (Å²) in [7, 11) is 0. The number of benzene rings is 8. The zero-order valence-corrected chi connectivity index (χ0v) is 22.4. The van der Waals surface area contributed by atoms with Crippen LogP contribution in [0.2, 0.25) is 0 Å². The molecule has 1 aromatic heterocycles. The molecule has 45 heavy (non-hydrogen) atoms. The maximum Gasteiger partial charge on any atom is 0.143 e. The first-order chi connectivity index (χ1) is 34.0. The Balaban J connectivity index is 1.51. The van der Waals surface area contributed by atoms with Crippen molar-refractivity contribution in [3.8, 4) is 44.5 Å². The first-order valence-corrected chi connectivity index (χ1v) is 13.2. The maximum atomic E-state index is 9.59. The van der Waals surface area contributed by atoms with E-state index in [1.807, 2.05) is 0 Å². The smallest absolute Gasteiger partial charge is 0.143 e. The van der Waals surface area contributed by atoms with Crippen LogP contribution in [0, 0.1) is 0 Å². The molecule has 9 aromatic rings. The van der Waals surface area contributed by atoms with Crippen LogP contribution in [0.4, 0.5) is 0 Å². The second-order valence-corrected chi connectivity index (χ2v) is 9.51. The van der Waals surface area contributed by atoms with Crippen LogP contribution in [0.3, 0.4) is 0 Å². The van der Waals surface area contributed by atoms with Gasteiger partial charge in [0.1, 0.15) is 11.2 Å². The Morgan fingerprint density at radius 1 is 0.289 bits per heavy atom. The van der Waals surface area contributed by atoms with E-state index in [1.165, 1.54) is 0 Å². The normalized spacial score (nSPS) is 20.3. The summed E-state index contributed by atoms with van der Waals surface area (Å²) in [5.74, 6) is 0. The number of hydrogen-bond acceptors (Lipinski definition) is 1. The number of para-hydroxylation sites is 2. The standard InChI is InChI=1S/C44H28O/c1-3-13-29(14-4-1)33-21-11-23-39-40-24-12-22-34(44(40)45-43(33)39)30-25-27-32(28-26-30)42-37-19-9-7-17-35(37)41(31-15-5-2-6-16-31)36-18-8-10-20-38(36)42/h1-28H/i1D,2D,3D,4D,5D,6D,7D,8D,9D,10D,11D,12D,13D,14D,15D,16D,17D,18D,19D,20D,21D,22D,23D,24D,25D,26D,27D,28D. The minimum Gasteiger partial charge on any atom is -0.455 e. The van der Waals surface area contributed by atoms with Gasteiger partial charge in [0.15, 0.2) is 0 Å². The van der Waals surface area contributed by atoms with Gasteiger partial charge in [-0.05, 0) is 54.9 Å². The van der Waals surface area contributed by atoms with Gasteiger partial charge in [-0.25, -0.2) is 0 Å². The minimum atomic E-state index is -1.11. The predicted octanol–water partition coefficient (Wildman–Crippen LogP) is 12.6. The fraction of sp³-hybridized carbons (Fsp3) is 0. The lowest BCUT2D eigenvalue weighted by Gasteiger charge is -2.18. The average molecular weight is 601 g/mol. The molecule has 210 valence electrons. The van der Waals surface area contributed by atoms with Crippen LogP contribution in [0.5, 0.6) is 0 Å².